The van der Waals surface area contributed by atoms with Crippen LogP contribution < -0.4 is 10.1 Å². The van der Waals surface area contributed by atoms with Crippen molar-refractivity contribution in [2.24, 2.45) is 0 Å². The number of benzene rings is 1. The number of methoxy groups -OCH3 is 1. The Kier molecular flexibility index (Phi) is 4.75. The summed E-state index contributed by atoms with van der Waals surface area (Å²) in [6, 6.07) is 6.34. The standard InChI is InChI=1S/C15H22N2O/c1-11-8-12(2)14(13(9-11)18-5)15(3,4)10-17-7-6-16/h8-9,17H,7,10H2,1-5H3. The first-order valence-corrected chi connectivity index (χ1v) is 6.15. The molecule has 0 fully saturated rings. The van der Waals surface area contributed by atoms with Crippen LogP contribution in [0.15, 0.2) is 12.1 Å². The van der Waals surface area contributed by atoms with E-state index in [0.717, 1.165) is 12.3 Å². The minimum Gasteiger partial charge on any atom is -0.496 e. The summed E-state index contributed by atoms with van der Waals surface area (Å²) >= 11 is 0. The van der Waals surface area contributed by atoms with Gasteiger partial charge in [0.25, 0.3) is 0 Å². The molecule has 0 bridgehead atoms. The highest BCUT2D eigenvalue weighted by Gasteiger charge is 2.26. The molecule has 0 aliphatic rings. The first-order chi connectivity index (χ1) is 8.42. The third-order valence-electron chi connectivity index (χ3n) is 3.11. The van der Waals surface area contributed by atoms with Crippen molar-refractivity contribution in [1.82, 2.24) is 5.32 Å². The summed E-state index contributed by atoms with van der Waals surface area (Å²) in [6.07, 6.45) is 0. The SMILES string of the molecule is COc1cc(C)cc(C)c1C(C)(C)CNCC#N. The molecule has 1 aromatic rings. The van der Waals surface area contributed by atoms with Gasteiger partial charge in [0.15, 0.2) is 0 Å². The van der Waals surface area contributed by atoms with Gasteiger partial charge in [0.1, 0.15) is 5.75 Å². The van der Waals surface area contributed by atoms with Crippen molar-refractivity contribution < 1.29 is 4.74 Å². The van der Waals surface area contributed by atoms with Crippen LogP contribution in [0.1, 0.15) is 30.5 Å². The smallest absolute Gasteiger partial charge is 0.123 e. The number of nitriles is 1. The van der Waals surface area contributed by atoms with Crippen molar-refractivity contribution >= 4 is 0 Å². The van der Waals surface area contributed by atoms with Gasteiger partial charge in [-0.1, -0.05) is 19.9 Å². The number of hydrogen-bond donors (Lipinski definition) is 1. The zero-order chi connectivity index (χ0) is 13.8. The number of nitrogens with one attached hydrogen (secondary N) is 1. The Hall–Kier alpha value is -1.53. The van der Waals surface area contributed by atoms with E-state index in [2.05, 4.69) is 51.2 Å². The number of hydrogen-bond acceptors (Lipinski definition) is 3. The molecule has 98 valence electrons. The van der Waals surface area contributed by atoms with E-state index in [1.165, 1.54) is 16.7 Å². The number of nitrogens with zero attached hydrogens (tertiary/aromatic N) is 1. The Morgan fingerprint density at radius 1 is 1.33 bits per heavy atom. The van der Waals surface area contributed by atoms with Crippen molar-refractivity contribution in [2.45, 2.75) is 33.1 Å². The zero-order valence-corrected chi connectivity index (χ0v) is 11.9. The highest BCUT2D eigenvalue weighted by atomic mass is 16.5. The van der Waals surface area contributed by atoms with Gasteiger partial charge in [-0.2, -0.15) is 5.26 Å². The van der Waals surface area contributed by atoms with Gasteiger partial charge in [-0.25, -0.2) is 0 Å². The highest BCUT2D eigenvalue weighted by Crippen LogP contribution is 2.35. The van der Waals surface area contributed by atoms with Crippen LogP contribution in [0.4, 0.5) is 0 Å². The third kappa shape index (κ3) is 3.24. The molecule has 0 heterocycles. The Morgan fingerprint density at radius 3 is 2.56 bits per heavy atom. The molecule has 0 aliphatic heterocycles. The van der Waals surface area contributed by atoms with Crippen LogP contribution >= 0.6 is 0 Å². The van der Waals surface area contributed by atoms with E-state index >= 15 is 0 Å². The Labute approximate surface area is 110 Å². The maximum atomic E-state index is 8.59. The van der Waals surface area contributed by atoms with Crippen LogP contribution in [-0.4, -0.2) is 20.2 Å². The normalized spacial score (nSPS) is 11.1. The van der Waals surface area contributed by atoms with E-state index in [0.29, 0.717) is 6.54 Å². The van der Waals surface area contributed by atoms with Crippen molar-refractivity contribution in [3.05, 3.63) is 28.8 Å². The molecular weight excluding hydrogens is 224 g/mol. The van der Waals surface area contributed by atoms with Crippen LogP contribution in [-0.2, 0) is 5.41 Å². The van der Waals surface area contributed by atoms with Gasteiger partial charge in [0, 0.05) is 17.5 Å². The fourth-order valence-corrected chi connectivity index (χ4v) is 2.48. The molecule has 0 aliphatic carbocycles. The average Bonchev–Trinajstić information content (AvgIpc) is 2.27. The summed E-state index contributed by atoms with van der Waals surface area (Å²) in [5.41, 5.74) is 3.57. The lowest BCUT2D eigenvalue weighted by Gasteiger charge is -2.29. The Balaban J connectivity index is 3.10. The molecule has 0 aromatic heterocycles. The summed E-state index contributed by atoms with van der Waals surface area (Å²) in [4.78, 5) is 0. The predicted octanol–water partition coefficient (Wildman–Crippen LogP) is 2.70. The summed E-state index contributed by atoms with van der Waals surface area (Å²) < 4.78 is 5.51. The maximum absolute atomic E-state index is 8.59. The molecule has 0 amide bonds. The van der Waals surface area contributed by atoms with E-state index in [9.17, 15) is 0 Å². The van der Waals surface area contributed by atoms with Gasteiger partial charge in [0.2, 0.25) is 0 Å². The fourth-order valence-electron chi connectivity index (χ4n) is 2.48. The number of aryl methyl sites for hydroxylation is 2. The molecule has 0 unspecified atom stereocenters. The lowest BCUT2D eigenvalue weighted by molar-refractivity contribution is 0.386. The Bertz CT molecular complexity index is 458. The fraction of sp³-hybridized carbons (Fsp3) is 0.533. The van der Waals surface area contributed by atoms with Gasteiger partial charge < -0.3 is 10.1 Å². The van der Waals surface area contributed by atoms with E-state index in [4.69, 9.17) is 10.00 Å². The molecule has 18 heavy (non-hydrogen) atoms. The monoisotopic (exact) mass is 246 g/mol. The van der Waals surface area contributed by atoms with Crippen molar-refractivity contribution in [1.29, 1.82) is 5.26 Å². The van der Waals surface area contributed by atoms with Gasteiger partial charge in [-0.15, -0.1) is 0 Å². The van der Waals surface area contributed by atoms with Crippen LogP contribution in [0.25, 0.3) is 0 Å². The third-order valence-corrected chi connectivity index (χ3v) is 3.11. The molecule has 0 atom stereocenters. The summed E-state index contributed by atoms with van der Waals surface area (Å²) in [7, 11) is 1.70. The largest absolute Gasteiger partial charge is 0.496 e. The predicted molar refractivity (Wildman–Crippen MR) is 74.0 cm³/mol. The molecule has 0 saturated carbocycles. The van der Waals surface area contributed by atoms with E-state index in [1.54, 1.807) is 7.11 Å². The summed E-state index contributed by atoms with van der Waals surface area (Å²) in [5, 5.41) is 11.7. The highest BCUT2D eigenvalue weighted by molar-refractivity contribution is 5.47. The molecule has 0 spiro atoms. The molecule has 0 saturated heterocycles. The van der Waals surface area contributed by atoms with Gasteiger partial charge in [-0.3, -0.25) is 0 Å². The maximum Gasteiger partial charge on any atom is 0.123 e. The Morgan fingerprint density at radius 2 is 2.00 bits per heavy atom. The summed E-state index contributed by atoms with van der Waals surface area (Å²) in [6.45, 7) is 9.63. The van der Waals surface area contributed by atoms with Crippen LogP contribution in [0.2, 0.25) is 0 Å². The lowest BCUT2D eigenvalue weighted by atomic mass is 9.80. The van der Waals surface area contributed by atoms with Crippen molar-refractivity contribution in [3.8, 4) is 11.8 Å². The molecule has 3 heteroatoms. The molecule has 1 aromatic carbocycles. The second kappa shape index (κ2) is 5.88. The first-order valence-electron chi connectivity index (χ1n) is 6.15. The molecule has 0 radical (unpaired) electrons. The lowest BCUT2D eigenvalue weighted by Crippen LogP contribution is -2.34. The number of ether oxygens (including phenoxy) is 1. The van der Waals surface area contributed by atoms with Gasteiger partial charge in [-0.05, 0) is 31.0 Å². The molecule has 1 N–H and O–H groups in total. The van der Waals surface area contributed by atoms with E-state index in [1.807, 2.05) is 0 Å². The second-order valence-electron chi connectivity index (χ2n) is 5.30. The second-order valence-corrected chi connectivity index (χ2v) is 5.30. The van der Waals surface area contributed by atoms with Gasteiger partial charge >= 0.3 is 0 Å². The van der Waals surface area contributed by atoms with Crippen molar-refractivity contribution in [2.75, 3.05) is 20.2 Å². The quantitative estimate of drug-likeness (QED) is 0.642. The van der Waals surface area contributed by atoms with Crippen LogP contribution in [0.3, 0.4) is 0 Å². The molecular formula is C15H22N2O. The van der Waals surface area contributed by atoms with E-state index in [-0.39, 0.29) is 5.41 Å². The number of rotatable bonds is 5. The van der Waals surface area contributed by atoms with Crippen LogP contribution in [0.5, 0.6) is 5.75 Å². The topological polar surface area (TPSA) is 45.0 Å². The minimum atomic E-state index is -0.0695. The minimum absolute atomic E-state index is 0.0695. The average molecular weight is 246 g/mol. The van der Waals surface area contributed by atoms with Crippen molar-refractivity contribution in [3.63, 3.8) is 0 Å². The molecule has 1 rings (SSSR count). The van der Waals surface area contributed by atoms with Gasteiger partial charge in [0.05, 0.1) is 19.7 Å². The van der Waals surface area contributed by atoms with E-state index < -0.39 is 0 Å². The summed E-state index contributed by atoms with van der Waals surface area (Å²) in [5.74, 6) is 0.927. The zero-order valence-electron chi connectivity index (χ0n) is 11.9. The molecule has 3 nitrogen and oxygen atoms in total. The first kappa shape index (κ1) is 14.5. The van der Waals surface area contributed by atoms with Crippen LogP contribution in [0, 0.1) is 25.2 Å².